The van der Waals surface area contributed by atoms with E-state index in [4.69, 9.17) is 0 Å². The van der Waals surface area contributed by atoms with Gasteiger partial charge in [0.15, 0.2) is 0 Å². The highest BCUT2D eigenvalue weighted by Gasteiger charge is 2.23. The van der Waals surface area contributed by atoms with Crippen LogP contribution < -0.4 is 5.32 Å². The number of hydrogen-bond acceptors (Lipinski definition) is 2. The summed E-state index contributed by atoms with van der Waals surface area (Å²) in [5.74, 6) is 0.869. The molecule has 0 spiro atoms. The molecule has 110 valence electrons. The van der Waals surface area contributed by atoms with Crippen LogP contribution in [-0.4, -0.2) is 31.1 Å². The Bertz CT molecular complexity index is 406. The predicted molar refractivity (Wildman–Crippen MR) is 85.0 cm³/mol. The summed E-state index contributed by atoms with van der Waals surface area (Å²) in [5, 5.41) is 3.60. The summed E-state index contributed by atoms with van der Waals surface area (Å²) >= 11 is 0. The van der Waals surface area contributed by atoms with Crippen molar-refractivity contribution in [2.75, 3.05) is 26.2 Å². The predicted octanol–water partition coefficient (Wildman–Crippen LogP) is 3.53. The van der Waals surface area contributed by atoms with Gasteiger partial charge in [0.25, 0.3) is 0 Å². The van der Waals surface area contributed by atoms with Gasteiger partial charge in [-0.25, -0.2) is 0 Å². The van der Waals surface area contributed by atoms with Gasteiger partial charge in [-0.3, -0.25) is 0 Å². The highest BCUT2D eigenvalue weighted by atomic mass is 15.1. The molecule has 0 radical (unpaired) electrons. The Balaban J connectivity index is 1.32. The van der Waals surface area contributed by atoms with E-state index in [0.29, 0.717) is 0 Å². The Morgan fingerprint density at radius 2 is 1.95 bits per heavy atom. The molecule has 0 atom stereocenters. The molecule has 0 amide bonds. The number of rotatable bonds is 7. The fourth-order valence-electron chi connectivity index (χ4n) is 3.22. The second-order valence-electron chi connectivity index (χ2n) is 6.45. The third-order valence-electron chi connectivity index (χ3n) is 4.61. The van der Waals surface area contributed by atoms with Gasteiger partial charge in [0.2, 0.25) is 0 Å². The zero-order valence-corrected chi connectivity index (χ0v) is 12.6. The maximum absolute atomic E-state index is 3.60. The normalized spacial score (nSPS) is 20.2. The molecule has 0 aromatic heterocycles. The minimum Gasteiger partial charge on any atom is -0.313 e. The lowest BCUT2D eigenvalue weighted by Crippen LogP contribution is -2.32. The van der Waals surface area contributed by atoms with Crippen molar-refractivity contribution in [3.05, 3.63) is 35.4 Å². The molecule has 3 rings (SSSR count). The van der Waals surface area contributed by atoms with Crippen LogP contribution >= 0.6 is 0 Å². The first kappa shape index (κ1) is 14.1. The maximum Gasteiger partial charge on any atom is 0.0205 e. The monoisotopic (exact) mass is 272 g/mol. The van der Waals surface area contributed by atoms with E-state index < -0.39 is 0 Å². The molecule has 2 aliphatic rings. The molecular formula is C18H28N2. The van der Waals surface area contributed by atoms with E-state index in [1.807, 2.05) is 0 Å². The van der Waals surface area contributed by atoms with Gasteiger partial charge >= 0.3 is 0 Å². The topological polar surface area (TPSA) is 15.3 Å². The van der Waals surface area contributed by atoms with Crippen LogP contribution in [0.3, 0.4) is 0 Å². The molecule has 20 heavy (non-hydrogen) atoms. The lowest BCUT2D eigenvalue weighted by Gasteiger charge is -2.26. The summed E-state index contributed by atoms with van der Waals surface area (Å²) in [6, 6.07) is 9.16. The summed E-state index contributed by atoms with van der Waals surface area (Å²) in [4.78, 5) is 2.62. The molecule has 1 N–H and O–H groups in total. The van der Waals surface area contributed by atoms with E-state index >= 15 is 0 Å². The maximum atomic E-state index is 3.60. The van der Waals surface area contributed by atoms with Crippen molar-refractivity contribution in [2.24, 2.45) is 0 Å². The molecule has 2 heteroatoms. The average Bonchev–Trinajstić information content (AvgIpc) is 3.33. The van der Waals surface area contributed by atoms with Gasteiger partial charge in [0, 0.05) is 6.54 Å². The summed E-state index contributed by atoms with van der Waals surface area (Å²) < 4.78 is 0. The first-order chi connectivity index (χ1) is 9.92. The van der Waals surface area contributed by atoms with Crippen molar-refractivity contribution in [1.29, 1.82) is 0 Å². The number of benzene rings is 1. The molecule has 1 aromatic carbocycles. The van der Waals surface area contributed by atoms with Gasteiger partial charge in [0.05, 0.1) is 0 Å². The zero-order chi connectivity index (χ0) is 13.6. The first-order valence-electron chi connectivity index (χ1n) is 8.44. The number of nitrogens with one attached hydrogen (secondary N) is 1. The second-order valence-corrected chi connectivity index (χ2v) is 6.45. The Hall–Kier alpha value is -0.860. The van der Waals surface area contributed by atoms with Gasteiger partial charge in [-0.15, -0.1) is 0 Å². The second kappa shape index (κ2) is 7.24. The van der Waals surface area contributed by atoms with E-state index in [-0.39, 0.29) is 0 Å². The van der Waals surface area contributed by atoms with Crippen LogP contribution in [0.1, 0.15) is 55.6 Å². The SMILES string of the molecule is c1cc(CNCCCN2CCCCC2)cc(C2CC2)c1. The van der Waals surface area contributed by atoms with Crippen LogP contribution in [0.15, 0.2) is 24.3 Å². The molecule has 1 heterocycles. The van der Waals surface area contributed by atoms with Crippen molar-refractivity contribution >= 4 is 0 Å². The number of likely N-dealkylation sites (tertiary alicyclic amines) is 1. The molecule has 2 fully saturated rings. The van der Waals surface area contributed by atoms with Crippen molar-refractivity contribution in [2.45, 2.75) is 51.0 Å². The minimum atomic E-state index is 0.869. The van der Waals surface area contributed by atoms with Crippen molar-refractivity contribution in [3.63, 3.8) is 0 Å². The van der Waals surface area contributed by atoms with E-state index in [2.05, 4.69) is 34.5 Å². The van der Waals surface area contributed by atoms with Gasteiger partial charge < -0.3 is 10.2 Å². The molecule has 1 aliphatic carbocycles. The van der Waals surface area contributed by atoms with Crippen LogP contribution in [0.4, 0.5) is 0 Å². The van der Waals surface area contributed by atoms with E-state index in [1.54, 1.807) is 5.56 Å². The van der Waals surface area contributed by atoms with Gasteiger partial charge in [-0.1, -0.05) is 30.7 Å². The highest BCUT2D eigenvalue weighted by Crippen LogP contribution is 2.40. The Labute approximate surface area is 123 Å². The molecular weight excluding hydrogens is 244 g/mol. The van der Waals surface area contributed by atoms with E-state index in [9.17, 15) is 0 Å². The fourth-order valence-corrected chi connectivity index (χ4v) is 3.22. The summed E-state index contributed by atoms with van der Waals surface area (Å²) in [6.07, 6.45) is 8.32. The van der Waals surface area contributed by atoms with E-state index in [1.165, 1.54) is 63.7 Å². The zero-order valence-electron chi connectivity index (χ0n) is 12.6. The lowest BCUT2D eigenvalue weighted by molar-refractivity contribution is 0.225. The third-order valence-corrected chi connectivity index (χ3v) is 4.61. The lowest BCUT2D eigenvalue weighted by atomic mass is 10.1. The van der Waals surface area contributed by atoms with Gasteiger partial charge in [-0.05, 0) is 75.3 Å². The number of piperidine rings is 1. The average molecular weight is 272 g/mol. The summed E-state index contributed by atoms with van der Waals surface area (Å²) in [5.41, 5.74) is 3.00. The molecule has 1 aliphatic heterocycles. The number of nitrogens with zero attached hydrogens (tertiary/aromatic N) is 1. The minimum absolute atomic E-state index is 0.869. The van der Waals surface area contributed by atoms with Crippen LogP contribution in [0.25, 0.3) is 0 Å². The molecule has 1 saturated heterocycles. The molecule has 0 bridgehead atoms. The summed E-state index contributed by atoms with van der Waals surface area (Å²) in [6.45, 7) is 6.09. The van der Waals surface area contributed by atoms with Crippen molar-refractivity contribution < 1.29 is 0 Å². The first-order valence-corrected chi connectivity index (χ1v) is 8.44. The quantitative estimate of drug-likeness (QED) is 0.764. The van der Waals surface area contributed by atoms with Crippen LogP contribution in [0.2, 0.25) is 0 Å². The third kappa shape index (κ3) is 4.32. The van der Waals surface area contributed by atoms with Crippen LogP contribution in [0, 0.1) is 0 Å². The molecule has 2 nitrogen and oxygen atoms in total. The molecule has 1 saturated carbocycles. The fraction of sp³-hybridized carbons (Fsp3) is 0.667. The Morgan fingerprint density at radius 3 is 2.75 bits per heavy atom. The molecule has 1 aromatic rings. The molecule has 0 unspecified atom stereocenters. The number of hydrogen-bond donors (Lipinski definition) is 1. The van der Waals surface area contributed by atoms with Crippen molar-refractivity contribution in [1.82, 2.24) is 10.2 Å². The Morgan fingerprint density at radius 1 is 1.10 bits per heavy atom. The standard InChI is InChI=1S/C18H28N2/c1-2-11-20(12-3-1)13-5-10-19-15-16-6-4-7-18(14-16)17-8-9-17/h4,6-7,14,17,19H,1-3,5,8-13,15H2. The van der Waals surface area contributed by atoms with Gasteiger partial charge in [-0.2, -0.15) is 0 Å². The van der Waals surface area contributed by atoms with Crippen molar-refractivity contribution in [3.8, 4) is 0 Å². The largest absolute Gasteiger partial charge is 0.313 e. The summed E-state index contributed by atoms with van der Waals surface area (Å²) in [7, 11) is 0. The highest BCUT2D eigenvalue weighted by molar-refractivity contribution is 5.29. The smallest absolute Gasteiger partial charge is 0.0205 e. The Kier molecular flexibility index (Phi) is 5.10. The van der Waals surface area contributed by atoms with Gasteiger partial charge in [0.1, 0.15) is 0 Å². The van der Waals surface area contributed by atoms with Crippen LogP contribution in [-0.2, 0) is 6.54 Å². The van der Waals surface area contributed by atoms with Crippen LogP contribution in [0.5, 0.6) is 0 Å². The van der Waals surface area contributed by atoms with E-state index in [0.717, 1.165) is 19.0 Å².